The molecule has 2 rings (SSSR count). The zero-order valence-electron chi connectivity index (χ0n) is 23.4. The lowest BCUT2D eigenvalue weighted by Crippen LogP contribution is -2.46. The van der Waals surface area contributed by atoms with Crippen molar-refractivity contribution in [2.24, 2.45) is 16.6 Å². The number of hydrogen-bond acceptors (Lipinski definition) is 5. The first-order chi connectivity index (χ1) is 19.0. The smallest absolute Gasteiger partial charge is 0.490 e. The molecular formula is C26H40F6N4O5. The molecule has 1 saturated heterocycles. The summed E-state index contributed by atoms with van der Waals surface area (Å²) in [5.41, 5.74) is 6.71. The molecule has 0 bridgehead atoms. The van der Waals surface area contributed by atoms with Crippen molar-refractivity contribution in [1.29, 1.82) is 0 Å². The molecule has 1 unspecified atom stereocenters. The average molecular weight is 603 g/mol. The lowest BCUT2D eigenvalue weighted by Gasteiger charge is -2.37. The van der Waals surface area contributed by atoms with Crippen molar-refractivity contribution < 1.29 is 50.9 Å². The maximum Gasteiger partial charge on any atom is 0.490 e. The van der Waals surface area contributed by atoms with E-state index in [-0.39, 0.29) is 0 Å². The number of aliphatic imine (C=N–C) groups is 1. The number of hydrogen-bond donors (Lipinski definition) is 4. The third kappa shape index (κ3) is 17.2. The van der Waals surface area contributed by atoms with Gasteiger partial charge in [-0.25, -0.2) is 9.59 Å². The summed E-state index contributed by atoms with van der Waals surface area (Å²) in [4.78, 5) is 25.1. The van der Waals surface area contributed by atoms with Crippen molar-refractivity contribution in [2.75, 3.05) is 31.6 Å². The van der Waals surface area contributed by atoms with E-state index < -0.39 is 24.3 Å². The van der Waals surface area contributed by atoms with Gasteiger partial charge < -0.3 is 30.9 Å². The number of halogens is 6. The van der Waals surface area contributed by atoms with Gasteiger partial charge in [0.2, 0.25) is 0 Å². The molecule has 0 saturated carbocycles. The molecule has 15 heteroatoms. The minimum atomic E-state index is -5.08. The zero-order valence-corrected chi connectivity index (χ0v) is 23.4. The summed E-state index contributed by atoms with van der Waals surface area (Å²) in [6, 6.07) is 8.80. The molecule has 5 N–H and O–H groups in total. The van der Waals surface area contributed by atoms with Crippen LogP contribution < -0.4 is 15.8 Å². The average Bonchev–Trinajstić information content (AvgIpc) is 2.88. The third-order valence-electron chi connectivity index (χ3n) is 5.55. The SMILES string of the molecule is CCC1CCCCN1C(=NCCCN)Nc1ccc(OCCC(C)C)cc1.O=C(O)C(F)(F)F.O=C(O)C(F)(F)F. The number of rotatable bonds is 9. The fourth-order valence-electron chi connectivity index (χ4n) is 3.36. The lowest BCUT2D eigenvalue weighted by atomic mass is 10.0. The number of alkyl halides is 6. The van der Waals surface area contributed by atoms with Crippen LogP contribution in [0.1, 0.15) is 59.3 Å². The van der Waals surface area contributed by atoms with Gasteiger partial charge in [0.05, 0.1) is 6.61 Å². The number of carbonyl (C=O) groups is 2. The van der Waals surface area contributed by atoms with E-state index in [2.05, 4.69) is 43.1 Å². The van der Waals surface area contributed by atoms with Crippen molar-refractivity contribution in [3.63, 3.8) is 0 Å². The van der Waals surface area contributed by atoms with Crippen molar-refractivity contribution in [1.82, 2.24) is 4.90 Å². The molecule has 9 nitrogen and oxygen atoms in total. The number of nitrogens with zero attached hydrogens (tertiary/aromatic N) is 2. The summed E-state index contributed by atoms with van der Waals surface area (Å²) in [7, 11) is 0. The number of aliphatic carboxylic acids is 2. The Labute approximate surface area is 235 Å². The highest BCUT2D eigenvalue weighted by Crippen LogP contribution is 2.22. The van der Waals surface area contributed by atoms with E-state index in [9.17, 15) is 26.3 Å². The number of nitrogens with one attached hydrogen (secondary N) is 1. The van der Waals surface area contributed by atoms with Gasteiger partial charge in [-0.05, 0) is 75.3 Å². The summed E-state index contributed by atoms with van der Waals surface area (Å²) < 4.78 is 69.3. The normalized spacial score (nSPS) is 15.7. The zero-order chi connectivity index (χ0) is 31.6. The van der Waals surface area contributed by atoms with Crippen molar-refractivity contribution in [3.8, 4) is 5.75 Å². The second kappa shape index (κ2) is 19.0. The molecule has 1 aromatic rings. The highest BCUT2D eigenvalue weighted by Gasteiger charge is 2.38. The van der Waals surface area contributed by atoms with Gasteiger partial charge in [0.1, 0.15) is 5.75 Å². The molecule has 1 fully saturated rings. The molecule has 1 aliphatic rings. The van der Waals surface area contributed by atoms with Crippen molar-refractivity contribution in [3.05, 3.63) is 24.3 Å². The molecule has 41 heavy (non-hydrogen) atoms. The lowest BCUT2D eigenvalue weighted by molar-refractivity contribution is -0.193. The quantitative estimate of drug-likeness (QED) is 0.121. The Bertz CT molecular complexity index is 900. The van der Waals surface area contributed by atoms with E-state index in [1.54, 1.807) is 0 Å². The number of piperidine rings is 1. The molecule has 236 valence electrons. The van der Waals surface area contributed by atoms with Crippen LogP contribution in [-0.4, -0.2) is 77.6 Å². The number of carboxylic acids is 2. The summed E-state index contributed by atoms with van der Waals surface area (Å²) in [5.74, 6) is -2.94. The number of ether oxygens (including phenoxy) is 1. The molecule has 1 aromatic carbocycles. The molecule has 0 radical (unpaired) electrons. The van der Waals surface area contributed by atoms with Crippen LogP contribution in [0.25, 0.3) is 0 Å². The minimum absolute atomic E-state index is 0.571. The number of benzene rings is 1. The molecule has 0 amide bonds. The van der Waals surface area contributed by atoms with Crippen LogP contribution in [-0.2, 0) is 9.59 Å². The standard InChI is InChI=1S/C22H38N4O.2C2HF3O2/c1-4-20-8-5-6-16-26(20)22(24-15-7-14-23)25-19-9-11-21(12-10-19)27-17-13-18(2)3;2*3-2(4,5)1(6)7/h9-12,18,20H,4-8,13-17,23H2,1-3H3,(H,24,25);2*(H,6,7). The van der Waals surface area contributed by atoms with Gasteiger partial charge in [-0.1, -0.05) is 20.8 Å². The first-order valence-corrected chi connectivity index (χ1v) is 13.1. The molecule has 0 aromatic heterocycles. The summed E-state index contributed by atoms with van der Waals surface area (Å²) in [6.45, 7) is 9.98. The van der Waals surface area contributed by atoms with Crippen LogP contribution in [0, 0.1) is 5.92 Å². The Kier molecular flexibility index (Phi) is 17.5. The van der Waals surface area contributed by atoms with E-state index in [0.29, 0.717) is 18.5 Å². The van der Waals surface area contributed by atoms with Gasteiger partial charge in [-0.2, -0.15) is 26.3 Å². The van der Waals surface area contributed by atoms with Crippen LogP contribution in [0.5, 0.6) is 5.75 Å². The first kappa shape index (κ1) is 37.8. The first-order valence-electron chi connectivity index (χ1n) is 13.1. The summed E-state index contributed by atoms with van der Waals surface area (Å²) >= 11 is 0. The van der Waals surface area contributed by atoms with Crippen molar-refractivity contribution >= 4 is 23.6 Å². The molecule has 1 heterocycles. The van der Waals surface area contributed by atoms with E-state index in [1.165, 1.54) is 19.3 Å². The van der Waals surface area contributed by atoms with E-state index in [1.807, 2.05) is 12.1 Å². The van der Waals surface area contributed by atoms with E-state index in [4.69, 9.17) is 35.3 Å². The monoisotopic (exact) mass is 602 g/mol. The Morgan fingerprint density at radius 3 is 2.05 bits per heavy atom. The van der Waals surface area contributed by atoms with Gasteiger partial charge >= 0.3 is 24.3 Å². The molecule has 1 aliphatic heterocycles. The highest BCUT2D eigenvalue weighted by molar-refractivity contribution is 5.94. The molecule has 0 aliphatic carbocycles. The van der Waals surface area contributed by atoms with Gasteiger partial charge in [0, 0.05) is 24.8 Å². The minimum Gasteiger partial charge on any atom is -0.494 e. The third-order valence-corrected chi connectivity index (χ3v) is 5.55. The Morgan fingerprint density at radius 2 is 1.61 bits per heavy atom. The topological polar surface area (TPSA) is 137 Å². The van der Waals surface area contributed by atoms with Gasteiger partial charge in [0.25, 0.3) is 0 Å². The summed E-state index contributed by atoms with van der Waals surface area (Å²) in [6.07, 6.45) is -3.23. The van der Waals surface area contributed by atoms with E-state index in [0.717, 1.165) is 56.4 Å². The fraction of sp³-hybridized carbons (Fsp3) is 0.654. The Hall–Kier alpha value is -3.23. The van der Waals surface area contributed by atoms with Crippen LogP contribution >= 0.6 is 0 Å². The Morgan fingerprint density at radius 1 is 1.07 bits per heavy atom. The maximum atomic E-state index is 10.6. The number of likely N-dealkylation sites (tertiary alicyclic amines) is 1. The predicted molar refractivity (Wildman–Crippen MR) is 143 cm³/mol. The highest BCUT2D eigenvalue weighted by atomic mass is 19.4. The van der Waals surface area contributed by atoms with Crippen LogP contribution in [0.4, 0.5) is 32.0 Å². The van der Waals surface area contributed by atoms with E-state index >= 15 is 0 Å². The number of nitrogens with two attached hydrogens (primary N) is 1. The number of carboxylic acid groups (broad SMARTS) is 2. The fourth-order valence-corrected chi connectivity index (χ4v) is 3.36. The second-order valence-corrected chi connectivity index (χ2v) is 9.38. The number of guanidine groups is 1. The van der Waals surface area contributed by atoms with Gasteiger partial charge in [-0.3, -0.25) is 4.99 Å². The summed E-state index contributed by atoms with van der Waals surface area (Å²) in [5, 5.41) is 17.8. The van der Waals surface area contributed by atoms with Crippen LogP contribution in [0.3, 0.4) is 0 Å². The molecular weight excluding hydrogens is 562 g/mol. The predicted octanol–water partition coefficient (Wildman–Crippen LogP) is 5.76. The van der Waals surface area contributed by atoms with Crippen LogP contribution in [0.2, 0.25) is 0 Å². The van der Waals surface area contributed by atoms with Crippen molar-refractivity contribution in [2.45, 2.75) is 77.7 Å². The number of anilines is 1. The molecule has 0 spiro atoms. The molecule has 1 atom stereocenters. The van der Waals surface area contributed by atoms with Gasteiger partial charge in [0.15, 0.2) is 5.96 Å². The second-order valence-electron chi connectivity index (χ2n) is 9.38. The van der Waals surface area contributed by atoms with Crippen LogP contribution in [0.15, 0.2) is 29.3 Å². The largest absolute Gasteiger partial charge is 0.494 e. The Balaban J connectivity index is 0.000000941. The van der Waals surface area contributed by atoms with Gasteiger partial charge in [-0.15, -0.1) is 0 Å². The maximum absolute atomic E-state index is 10.6.